The first kappa shape index (κ1) is 14.9. The van der Waals surface area contributed by atoms with E-state index in [0.717, 1.165) is 30.0 Å². The minimum Gasteiger partial charge on any atom is -0.258 e. The van der Waals surface area contributed by atoms with Crippen LogP contribution < -0.4 is 0 Å². The molecule has 0 bridgehead atoms. The SMILES string of the molecule is O=[N+]([O-])c1cc(CSc2cc(F)ccc2F)ccc1Br. The minimum atomic E-state index is -0.518. The standard InChI is InChI=1S/C13H8BrF2NO2S/c14-10-3-1-8(5-12(10)17(18)19)7-20-13-6-9(15)2-4-11(13)16/h1-6H,7H2. The summed E-state index contributed by atoms with van der Waals surface area (Å²) in [7, 11) is 0. The number of thioether (sulfide) groups is 1. The largest absolute Gasteiger partial charge is 0.283 e. The van der Waals surface area contributed by atoms with Crippen LogP contribution >= 0.6 is 27.7 Å². The van der Waals surface area contributed by atoms with Gasteiger partial charge in [0.15, 0.2) is 0 Å². The highest BCUT2D eigenvalue weighted by molar-refractivity contribution is 9.10. The quantitative estimate of drug-likeness (QED) is 0.441. The molecule has 0 saturated heterocycles. The Hall–Kier alpha value is -1.47. The van der Waals surface area contributed by atoms with E-state index in [2.05, 4.69) is 15.9 Å². The zero-order valence-electron chi connectivity index (χ0n) is 9.98. The van der Waals surface area contributed by atoms with Crippen molar-refractivity contribution in [3.8, 4) is 0 Å². The van der Waals surface area contributed by atoms with Gasteiger partial charge in [-0.3, -0.25) is 10.1 Å². The van der Waals surface area contributed by atoms with Gasteiger partial charge in [-0.25, -0.2) is 8.78 Å². The van der Waals surface area contributed by atoms with Gasteiger partial charge in [-0.1, -0.05) is 6.07 Å². The summed E-state index contributed by atoms with van der Waals surface area (Å²) >= 11 is 4.18. The zero-order valence-corrected chi connectivity index (χ0v) is 12.4. The van der Waals surface area contributed by atoms with Gasteiger partial charge in [0, 0.05) is 16.7 Å². The molecule has 0 atom stereocenters. The first-order valence-electron chi connectivity index (χ1n) is 5.48. The van der Waals surface area contributed by atoms with Gasteiger partial charge in [0.25, 0.3) is 5.69 Å². The van der Waals surface area contributed by atoms with E-state index < -0.39 is 16.6 Å². The van der Waals surface area contributed by atoms with E-state index in [-0.39, 0.29) is 10.6 Å². The number of benzene rings is 2. The Bertz CT molecular complexity index is 667. The second kappa shape index (κ2) is 6.32. The number of nitro groups is 1. The van der Waals surface area contributed by atoms with Crippen LogP contribution in [0.15, 0.2) is 45.8 Å². The molecule has 0 saturated carbocycles. The maximum Gasteiger partial charge on any atom is 0.283 e. The fourth-order valence-corrected chi connectivity index (χ4v) is 2.83. The van der Waals surface area contributed by atoms with Crippen molar-refractivity contribution in [2.75, 3.05) is 0 Å². The highest BCUT2D eigenvalue weighted by Crippen LogP contribution is 2.30. The van der Waals surface area contributed by atoms with Crippen molar-refractivity contribution in [2.24, 2.45) is 0 Å². The van der Waals surface area contributed by atoms with Gasteiger partial charge in [0.2, 0.25) is 0 Å². The zero-order chi connectivity index (χ0) is 14.7. The van der Waals surface area contributed by atoms with Gasteiger partial charge in [-0.05, 0) is 45.8 Å². The van der Waals surface area contributed by atoms with Crippen molar-refractivity contribution in [3.63, 3.8) is 0 Å². The summed E-state index contributed by atoms with van der Waals surface area (Å²) in [6, 6.07) is 7.88. The van der Waals surface area contributed by atoms with E-state index in [0.29, 0.717) is 15.8 Å². The Morgan fingerprint density at radius 1 is 1.20 bits per heavy atom. The van der Waals surface area contributed by atoms with Crippen LogP contribution in [-0.2, 0) is 5.75 Å². The van der Waals surface area contributed by atoms with Crippen LogP contribution in [0.4, 0.5) is 14.5 Å². The summed E-state index contributed by atoms with van der Waals surface area (Å²) < 4.78 is 26.8. The molecular formula is C13H8BrF2NO2S. The highest BCUT2D eigenvalue weighted by Gasteiger charge is 2.13. The molecule has 2 rings (SSSR count). The summed E-state index contributed by atoms with van der Waals surface area (Å²) in [4.78, 5) is 10.5. The van der Waals surface area contributed by atoms with E-state index in [1.807, 2.05) is 0 Å². The molecule has 2 aromatic carbocycles. The Labute approximate surface area is 126 Å². The molecule has 7 heteroatoms. The van der Waals surface area contributed by atoms with Crippen LogP contribution in [0.5, 0.6) is 0 Å². The molecule has 0 amide bonds. The van der Waals surface area contributed by atoms with Crippen LogP contribution in [-0.4, -0.2) is 4.92 Å². The third-order valence-electron chi connectivity index (χ3n) is 2.49. The lowest BCUT2D eigenvalue weighted by Crippen LogP contribution is -1.92. The molecule has 0 N–H and O–H groups in total. The number of hydrogen-bond acceptors (Lipinski definition) is 3. The van der Waals surface area contributed by atoms with Crippen LogP contribution in [0, 0.1) is 21.7 Å². The molecule has 0 radical (unpaired) electrons. The topological polar surface area (TPSA) is 43.1 Å². The first-order chi connectivity index (χ1) is 9.47. The Morgan fingerprint density at radius 2 is 1.95 bits per heavy atom. The van der Waals surface area contributed by atoms with Gasteiger partial charge < -0.3 is 0 Å². The van der Waals surface area contributed by atoms with Crippen molar-refractivity contribution < 1.29 is 13.7 Å². The van der Waals surface area contributed by atoms with Gasteiger partial charge in [0.1, 0.15) is 11.6 Å². The molecular weight excluding hydrogens is 352 g/mol. The number of rotatable bonds is 4. The second-order valence-corrected chi connectivity index (χ2v) is 5.78. The number of nitrogens with zero attached hydrogens (tertiary/aromatic N) is 1. The number of nitro benzene ring substituents is 1. The molecule has 3 nitrogen and oxygen atoms in total. The number of halogens is 3. The Kier molecular flexibility index (Phi) is 4.72. The van der Waals surface area contributed by atoms with Crippen LogP contribution in [0.25, 0.3) is 0 Å². The monoisotopic (exact) mass is 359 g/mol. The van der Waals surface area contributed by atoms with E-state index in [1.165, 1.54) is 6.07 Å². The lowest BCUT2D eigenvalue weighted by atomic mass is 10.2. The lowest BCUT2D eigenvalue weighted by Gasteiger charge is -2.04. The molecule has 104 valence electrons. The molecule has 20 heavy (non-hydrogen) atoms. The molecule has 0 aromatic heterocycles. The average molecular weight is 360 g/mol. The Morgan fingerprint density at radius 3 is 2.65 bits per heavy atom. The maximum absolute atomic E-state index is 13.4. The fraction of sp³-hybridized carbons (Fsp3) is 0.0769. The van der Waals surface area contributed by atoms with Crippen LogP contribution in [0.2, 0.25) is 0 Å². The molecule has 0 aliphatic rings. The van der Waals surface area contributed by atoms with Gasteiger partial charge >= 0.3 is 0 Å². The summed E-state index contributed by atoms with van der Waals surface area (Å²) in [5.41, 5.74) is 0.608. The summed E-state index contributed by atoms with van der Waals surface area (Å²) in [5, 5.41) is 10.8. The summed E-state index contributed by atoms with van der Waals surface area (Å²) in [6.07, 6.45) is 0. The highest BCUT2D eigenvalue weighted by atomic mass is 79.9. The summed E-state index contributed by atoms with van der Waals surface area (Å²) in [5.74, 6) is -0.715. The van der Waals surface area contributed by atoms with Gasteiger partial charge in [0.05, 0.1) is 9.40 Å². The van der Waals surface area contributed by atoms with Crippen LogP contribution in [0.3, 0.4) is 0 Å². The predicted molar refractivity (Wildman–Crippen MR) is 76.7 cm³/mol. The predicted octanol–water partition coefficient (Wildman–Crippen LogP) is 4.93. The van der Waals surface area contributed by atoms with Crippen molar-refractivity contribution in [2.45, 2.75) is 10.6 Å². The van der Waals surface area contributed by atoms with E-state index in [4.69, 9.17) is 0 Å². The molecule has 2 aromatic rings. The van der Waals surface area contributed by atoms with Crippen molar-refractivity contribution >= 4 is 33.4 Å². The van der Waals surface area contributed by atoms with Gasteiger partial charge in [-0.15, -0.1) is 11.8 Å². The lowest BCUT2D eigenvalue weighted by molar-refractivity contribution is -0.385. The van der Waals surface area contributed by atoms with E-state index >= 15 is 0 Å². The normalized spacial score (nSPS) is 10.6. The fourth-order valence-electron chi connectivity index (χ4n) is 1.54. The molecule has 0 fully saturated rings. The van der Waals surface area contributed by atoms with E-state index in [9.17, 15) is 18.9 Å². The second-order valence-electron chi connectivity index (χ2n) is 3.91. The first-order valence-corrected chi connectivity index (χ1v) is 7.26. The number of hydrogen-bond donors (Lipinski definition) is 0. The van der Waals surface area contributed by atoms with Crippen molar-refractivity contribution in [1.82, 2.24) is 0 Å². The van der Waals surface area contributed by atoms with Crippen molar-refractivity contribution in [1.29, 1.82) is 0 Å². The van der Waals surface area contributed by atoms with E-state index in [1.54, 1.807) is 12.1 Å². The van der Waals surface area contributed by atoms with Crippen LogP contribution in [0.1, 0.15) is 5.56 Å². The third-order valence-corrected chi connectivity index (χ3v) is 4.27. The molecule has 0 heterocycles. The Balaban J connectivity index is 2.17. The minimum absolute atomic E-state index is 0.0529. The van der Waals surface area contributed by atoms with Crippen molar-refractivity contribution in [3.05, 3.63) is 68.2 Å². The molecule has 0 spiro atoms. The summed E-state index contributed by atoms with van der Waals surface area (Å²) in [6.45, 7) is 0. The smallest absolute Gasteiger partial charge is 0.258 e. The molecule has 0 unspecified atom stereocenters. The molecule has 0 aliphatic carbocycles. The maximum atomic E-state index is 13.4. The average Bonchev–Trinajstić information content (AvgIpc) is 2.41. The van der Waals surface area contributed by atoms with Gasteiger partial charge in [-0.2, -0.15) is 0 Å². The third kappa shape index (κ3) is 3.55. The molecule has 0 aliphatic heterocycles.